The molecule has 0 aromatic heterocycles. The second kappa shape index (κ2) is 6.36. The highest BCUT2D eigenvalue weighted by Crippen LogP contribution is 2.29. The van der Waals surface area contributed by atoms with Crippen molar-refractivity contribution >= 4 is 17.8 Å². The molecule has 0 radical (unpaired) electrons. The van der Waals surface area contributed by atoms with Crippen LogP contribution in [0, 0.1) is 0 Å². The van der Waals surface area contributed by atoms with Crippen LogP contribution in [-0.2, 0) is 9.63 Å². The third-order valence-corrected chi connectivity index (χ3v) is 3.34. The molecule has 1 aliphatic heterocycles. The second-order valence-corrected chi connectivity index (χ2v) is 4.90. The monoisotopic (exact) mass is 309 g/mol. The molecule has 0 saturated heterocycles. The van der Waals surface area contributed by atoms with Crippen LogP contribution in [0.1, 0.15) is 18.1 Å². The zero-order valence-electron chi connectivity index (χ0n) is 12.5. The fourth-order valence-corrected chi connectivity index (χ4v) is 2.28. The Morgan fingerprint density at radius 1 is 1.22 bits per heavy atom. The average Bonchev–Trinajstić information content (AvgIpc) is 2.92. The van der Waals surface area contributed by atoms with E-state index >= 15 is 0 Å². The highest BCUT2D eigenvalue weighted by molar-refractivity contribution is 6.31. The Kier molecular flexibility index (Phi) is 4.10. The first-order valence-corrected chi connectivity index (χ1v) is 7.21. The molecule has 1 N–H and O–H groups in total. The van der Waals surface area contributed by atoms with Crippen LogP contribution in [-0.4, -0.2) is 23.4 Å². The minimum absolute atomic E-state index is 0.0192. The second-order valence-electron chi connectivity index (χ2n) is 4.90. The summed E-state index contributed by atoms with van der Waals surface area (Å²) < 4.78 is 5.29. The number of aromatic hydroxyl groups is 1. The minimum Gasteiger partial charge on any atom is -0.504 e. The Labute approximate surface area is 133 Å². The molecule has 5 heteroatoms. The van der Waals surface area contributed by atoms with Crippen molar-refractivity contribution < 1.29 is 19.5 Å². The lowest BCUT2D eigenvalue weighted by Crippen LogP contribution is -2.06. The first kappa shape index (κ1) is 14.8. The number of carbonyl (C=O) groups excluding carboxylic acids is 1. The van der Waals surface area contributed by atoms with Crippen LogP contribution in [0.15, 0.2) is 59.3 Å². The number of ether oxygens (including phenoxy) is 1. The van der Waals surface area contributed by atoms with Crippen molar-refractivity contribution in [3.63, 3.8) is 0 Å². The molecule has 1 aliphatic rings. The normalized spacial score (nSPS) is 15.4. The number of benzene rings is 2. The van der Waals surface area contributed by atoms with Gasteiger partial charge in [-0.25, -0.2) is 4.79 Å². The van der Waals surface area contributed by atoms with Gasteiger partial charge >= 0.3 is 5.97 Å². The number of nitrogens with zero attached hydrogens (tertiary/aromatic N) is 1. The van der Waals surface area contributed by atoms with E-state index in [1.807, 2.05) is 37.3 Å². The van der Waals surface area contributed by atoms with Gasteiger partial charge in [-0.3, -0.25) is 0 Å². The summed E-state index contributed by atoms with van der Waals surface area (Å²) in [6.45, 7) is 2.30. The van der Waals surface area contributed by atoms with Gasteiger partial charge in [-0.05, 0) is 30.7 Å². The molecule has 5 nitrogen and oxygen atoms in total. The van der Waals surface area contributed by atoms with Crippen LogP contribution < -0.4 is 4.74 Å². The van der Waals surface area contributed by atoms with E-state index in [0.717, 1.165) is 5.56 Å². The number of oxime groups is 1. The maximum atomic E-state index is 11.9. The molecule has 0 saturated carbocycles. The largest absolute Gasteiger partial charge is 0.504 e. The van der Waals surface area contributed by atoms with E-state index in [4.69, 9.17) is 9.57 Å². The maximum Gasteiger partial charge on any atom is 0.368 e. The van der Waals surface area contributed by atoms with Gasteiger partial charge in [-0.2, -0.15) is 0 Å². The Hall–Kier alpha value is -3.08. The lowest BCUT2D eigenvalue weighted by molar-refractivity contribution is -0.136. The Bertz CT molecular complexity index is 794. The van der Waals surface area contributed by atoms with Crippen LogP contribution in [0.3, 0.4) is 0 Å². The summed E-state index contributed by atoms with van der Waals surface area (Å²) in [6.07, 6.45) is 1.64. The predicted molar refractivity (Wildman–Crippen MR) is 86.3 cm³/mol. The van der Waals surface area contributed by atoms with Gasteiger partial charge in [-0.1, -0.05) is 41.6 Å². The van der Waals surface area contributed by atoms with E-state index in [1.165, 1.54) is 6.07 Å². The lowest BCUT2D eigenvalue weighted by Gasteiger charge is -2.06. The Morgan fingerprint density at radius 2 is 2.00 bits per heavy atom. The first-order chi connectivity index (χ1) is 11.2. The van der Waals surface area contributed by atoms with Gasteiger partial charge in [0.05, 0.1) is 12.2 Å². The number of hydrogen-bond acceptors (Lipinski definition) is 5. The van der Waals surface area contributed by atoms with E-state index < -0.39 is 5.97 Å². The number of hydrogen-bond donors (Lipinski definition) is 1. The quantitative estimate of drug-likeness (QED) is 0.696. The van der Waals surface area contributed by atoms with Crippen LogP contribution in [0.4, 0.5) is 0 Å². The van der Waals surface area contributed by atoms with Gasteiger partial charge in [0.25, 0.3) is 0 Å². The van der Waals surface area contributed by atoms with Crippen molar-refractivity contribution in [2.75, 3.05) is 6.61 Å². The summed E-state index contributed by atoms with van der Waals surface area (Å²) in [4.78, 5) is 16.7. The van der Waals surface area contributed by atoms with E-state index in [1.54, 1.807) is 18.2 Å². The standard InChI is InChI=1S/C18H15NO4/c1-2-22-16-9-8-12(11-15(16)20)10-14-17(19-23-18(14)21)13-6-4-3-5-7-13/h3-11,20H,2H2,1H3/b14-10-. The fourth-order valence-electron chi connectivity index (χ4n) is 2.28. The van der Waals surface area contributed by atoms with Crippen LogP contribution in [0.2, 0.25) is 0 Å². The third kappa shape index (κ3) is 3.08. The molecule has 23 heavy (non-hydrogen) atoms. The summed E-state index contributed by atoms with van der Waals surface area (Å²) in [6, 6.07) is 14.3. The average molecular weight is 309 g/mol. The predicted octanol–water partition coefficient (Wildman–Crippen LogP) is 3.14. The molecule has 0 aliphatic carbocycles. The van der Waals surface area contributed by atoms with Crippen molar-refractivity contribution in [3.05, 3.63) is 65.2 Å². The SMILES string of the molecule is CCOc1ccc(/C=C2\C(=O)ON=C2c2ccccc2)cc1O. The van der Waals surface area contributed by atoms with Gasteiger partial charge < -0.3 is 14.7 Å². The Balaban J connectivity index is 1.96. The van der Waals surface area contributed by atoms with Gasteiger partial charge in [-0.15, -0.1) is 0 Å². The molecule has 0 amide bonds. The topological polar surface area (TPSA) is 68.1 Å². The first-order valence-electron chi connectivity index (χ1n) is 7.21. The van der Waals surface area contributed by atoms with Crippen molar-refractivity contribution in [3.8, 4) is 11.5 Å². The van der Waals surface area contributed by atoms with E-state index in [9.17, 15) is 9.90 Å². The highest BCUT2D eigenvalue weighted by Gasteiger charge is 2.26. The highest BCUT2D eigenvalue weighted by atomic mass is 16.7. The van der Waals surface area contributed by atoms with Gasteiger partial charge in [0, 0.05) is 5.56 Å². The summed E-state index contributed by atoms with van der Waals surface area (Å²) in [5.41, 5.74) is 2.27. The van der Waals surface area contributed by atoms with Crippen LogP contribution >= 0.6 is 0 Å². The summed E-state index contributed by atoms with van der Waals surface area (Å²) >= 11 is 0. The molecule has 2 aromatic carbocycles. The zero-order valence-corrected chi connectivity index (χ0v) is 12.5. The number of phenolic OH excluding ortho intramolecular Hbond substituents is 1. The van der Waals surface area contributed by atoms with Crippen LogP contribution in [0.25, 0.3) is 6.08 Å². The summed E-state index contributed by atoms with van der Waals surface area (Å²) in [5.74, 6) is -0.0939. The molecule has 0 unspecified atom stereocenters. The summed E-state index contributed by atoms with van der Waals surface area (Å²) in [7, 11) is 0. The molecule has 116 valence electrons. The number of rotatable bonds is 4. The molecule has 3 rings (SSSR count). The van der Waals surface area contributed by atoms with Crippen molar-refractivity contribution in [1.82, 2.24) is 0 Å². The molecule has 1 heterocycles. The molecule has 0 atom stereocenters. The Morgan fingerprint density at radius 3 is 2.70 bits per heavy atom. The molecule has 0 bridgehead atoms. The summed E-state index contributed by atoms with van der Waals surface area (Å²) in [5, 5.41) is 13.8. The maximum absolute atomic E-state index is 11.9. The minimum atomic E-state index is -0.516. The molecule has 2 aromatic rings. The number of carbonyl (C=O) groups is 1. The van der Waals surface area contributed by atoms with E-state index in [0.29, 0.717) is 29.2 Å². The van der Waals surface area contributed by atoms with Gasteiger partial charge in [0.1, 0.15) is 5.71 Å². The molecule has 0 spiro atoms. The van der Waals surface area contributed by atoms with Crippen molar-refractivity contribution in [2.24, 2.45) is 5.16 Å². The molecular formula is C18H15NO4. The number of phenols is 1. The van der Waals surface area contributed by atoms with Gasteiger partial charge in [0.2, 0.25) is 0 Å². The van der Waals surface area contributed by atoms with E-state index in [-0.39, 0.29) is 5.75 Å². The van der Waals surface area contributed by atoms with E-state index in [2.05, 4.69) is 5.16 Å². The zero-order chi connectivity index (χ0) is 16.2. The molecular weight excluding hydrogens is 294 g/mol. The van der Waals surface area contributed by atoms with Gasteiger partial charge in [0.15, 0.2) is 11.5 Å². The third-order valence-electron chi connectivity index (χ3n) is 3.34. The fraction of sp³-hybridized carbons (Fsp3) is 0.111. The van der Waals surface area contributed by atoms with Crippen molar-refractivity contribution in [2.45, 2.75) is 6.92 Å². The molecule has 0 fully saturated rings. The van der Waals surface area contributed by atoms with Crippen LogP contribution in [0.5, 0.6) is 11.5 Å². The smallest absolute Gasteiger partial charge is 0.368 e. The van der Waals surface area contributed by atoms with Crippen molar-refractivity contribution in [1.29, 1.82) is 0 Å². The lowest BCUT2D eigenvalue weighted by atomic mass is 10.0.